The van der Waals surface area contributed by atoms with Crippen molar-refractivity contribution in [2.75, 3.05) is 18.1 Å². The van der Waals surface area contributed by atoms with Gasteiger partial charge in [-0.2, -0.15) is 0 Å². The number of aromatic nitrogens is 1. The minimum Gasteiger partial charge on any atom is -0.396 e. The standard InChI is InChI=1S/C21H21N2OS/c1-22-12-9-16(10-13-22)15-20-23(11-4-14-24)19-8-7-17-5-2-3-6-18(17)21(19)25-20/h2-3,5-10,12-13,15,24H,4,11,14H2,1H3/q+1. The molecule has 1 aromatic heterocycles. The van der Waals surface area contributed by atoms with Gasteiger partial charge in [0.2, 0.25) is 0 Å². The molecule has 1 aliphatic rings. The first-order valence-electron chi connectivity index (χ1n) is 8.51. The molecule has 0 amide bonds. The van der Waals surface area contributed by atoms with E-state index in [1.54, 1.807) is 0 Å². The number of thioether (sulfide) groups is 1. The Bertz CT molecular complexity index is 934. The zero-order valence-corrected chi connectivity index (χ0v) is 15.0. The second-order valence-electron chi connectivity index (χ2n) is 6.25. The number of fused-ring (bicyclic) bond motifs is 3. The molecular weight excluding hydrogens is 328 g/mol. The number of aryl methyl sites for hydroxylation is 1. The van der Waals surface area contributed by atoms with Crippen molar-refractivity contribution >= 4 is 34.3 Å². The Morgan fingerprint density at radius 3 is 2.68 bits per heavy atom. The van der Waals surface area contributed by atoms with Crippen molar-refractivity contribution in [1.29, 1.82) is 0 Å². The summed E-state index contributed by atoms with van der Waals surface area (Å²) in [6.45, 7) is 1.03. The molecule has 0 saturated heterocycles. The summed E-state index contributed by atoms with van der Waals surface area (Å²) < 4.78 is 2.04. The number of anilines is 1. The first-order valence-corrected chi connectivity index (χ1v) is 9.33. The van der Waals surface area contributed by atoms with Crippen LogP contribution in [-0.4, -0.2) is 18.3 Å². The normalized spacial score (nSPS) is 15.1. The summed E-state index contributed by atoms with van der Waals surface area (Å²) in [5.74, 6) is 0. The van der Waals surface area contributed by atoms with Crippen LogP contribution in [0.15, 0.2) is 70.8 Å². The molecule has 0 radical (unpaired) electrons. The number of hydrogen-bond acceptors (Lipinski definition) is 3. The number of pyridine rings is 1. The highest BCUT2D eigenvalue weighted by Crippen LogP contribution is 2.49. The van der Waals surface area contributed by atoms with Crippen molar-refractivity contribution in [3.63, 3.8) is 0 Å². The van der Waals surface area contributed by atoms with Gasteiger partial charge in [-0.1, -0.05) is 42.1 Å². The molecule has 4 heteroatoms. The summed E-state index contributed by atoms with van der Waals surface area (Å²) in [7, 11) is 2.02. The van der Waals surface area contributed by atoms with Crippen molar-refractivity contribution in [3.05, 3.63) is 71.5 Å². The molecule has 3 aromatic rings. The average Bonchev–Trinajstić information content (AvgIpc) is 2.99. The highest BCUT2D eigenvalue weighted by Gasteiger charge is 2.26. The third kappa shape index (κ3) is 3.15. The van der Waals surface area contributed by atoms with Crippen LogP contribution in [0.2, 0.25) is 0 Å². The molecule has 0 spiro atoms. The summed E-state index contributed by atoms with van der Waals surface area (Å²) in [5, 5.41) is 13.1. The molecule has 1 N–H and O–H groups in total. The molecule has 0 fully saturated rings. The molecule has 0 aliphatic carbocycles. The van der Waals surface area contributed by atoms with Crippen LogP contribution in [0, 0.1) is 0 Å². The number of benzene rings is 2. The summed E-state index contributed by atoms with van der Waals surface area (Å²) >= 11 is 1.82. The topological polar surface area (TPSA) is 27.4 Å². The van der Waals surface area contributed by atoms with Crippen LogP contribution in [0.4, 0.5) is 5.69 Å². The van der Waals surface area contributed by atoms with Gasteiger partial charge < -0.3 is 10.0 Å². The zero-order chi connectivity index (χ0) is 17.2. The van der Waals surface area contributed by atoms with E-state index in [9.17, 15) is 5.11 Å². The minimum absolute atomic E-state index is 0.207. The van der Waals surface area contributed by atoms with E-state index in [-0.39, 0.29) is 6.61 Å². The maximum Gasteiger partial charge on any atom is 0.169 e. The Morgan fingerprint density at radius 2 is 1.88 bits per heavy atom. The van der Waals surface area contributed by atoms with Crippen molar-refractivity contribution in [1.82, 2.24) is 0 Å². The van der Waals surface area contributed by atoms with E-state index >= 15 is 0 Å². The molecule has 4 rings (SSSR count). The van der Waals surface area contributed by atoms with E-state index in [0.29, 0.717) is 0 Å². The van der Waals surface area contributed by atoms with Crippen LogP contribution >= 0.6 is 11.8 Å². The fraction of sp³-hybridized carbons (Fsp3) is 0.190. The molecular formula is C21H21N2OS+. The molecule has 2 aromatic carbocycles. The van der Waals surface area contributed by atoms with Crippen molar-refractivity contribution in [2.45, 2.75) is 11.3 Å². The number of aliphatic hydroxyl groups is 1. The summed E-state index contributed by atoms with van der Waals surface area (Å²) in [4.78, 5) is 3.64. The zero-order valence-electron chi connectivity index (χ0n) is 14.2. The first kappa shape index (κ1) is 16.2. The Morgan fingerprint density at radius 1 is 1.08 bits per heavy atom. The second-order valence-corrected chi connectivity index (χ2v) is 7.28. The maximum absolute atomic E-state index is 9.30. The molecule has 0 atom stereocenters. The molecule has 2 heterocycles. The van der Waals surface area contributed by atoms with Gasteiger partial charge in [-0.15, -0.1) is 0 Å². The van der Waals surface area contributed by atoms with Gasteiger partial charge in [-0.25, -0.2) is 4.57 Å². The van der Waals surface area contributed by atoms with Crippen molar-refractivity contribution in [2.24, 2.45) is 7.05 Å². The van der Waals surface area contributed by atoms with Crippen LogP contribution in [-0.2, 0) is 7.05 Å². The molecule has 3 nitrogen and oxygen atoms in total. The smallest absolute Gasteiger partial charge is 0.169 e. The summed E-state index contributed by atoms with van der Waals surface area (Å²) in [6, 6.07) is 17.2. The van der Waals surface area contributed by atoms with Crippen LogP contribution < -0.4 is 9.47 Å². The number of rotatable bonds is 4. The van der Waals surface area contributed by atoms with E-state index in [4.69, 9.17) is 0 Å². The summed E-state index contributed by atoms with van der Waals surface area (Å²) in [6.07, 6.45) is 7.12. The van der Waals surface area contributed by atoms with Gasteiger partial charge in [-0.3, -0.25) is 0 Å². The lowest BCUT2D eigenvalue weighted by Crippen LogP contribution is -2.25. The average molecular weight is 349 g/mol. The SMILES string of the molecule is C[n+]1ccc(/C=C2\Sc3c(ccc4ccccc34)N2CCCO)cc1. The Hall–Kier alpha value is -2.30. The van der Waals surface area contributed by atoms with Crippen LogP contribution in [0.5, 0.6) is 0 Å². The lowest BCUT2D eigenvalue weighted by molar-refractivity contribution is -0.671. The van der Waals surface area contributed by atoms with Gasteiger partial charge in [-0.05, 0) is 34.9 Å². The van der Waals surface area contributed by atoms with Crippen molar-refractivity contribution < 1.29 is 9.67 Å². The predicted octanol–water partition coefficient (Wildman–Crippen LogP) is 3.96. The highest BCUT2D eigenvalue weighted by molar-refractivity contribution is 8.04. The van der Waals surface area contributed by atoms with Gasteiger partial charge in [0.15, 0.2) is 12.4 Å². The number of aliphatic hydroxyl groups excluding tert-OH is 1. The largest absolute Gasteiger partial charge is 0.396 e. The van der Waals surface area contributed by atoms with Crippen molar-refractivity contribution in [3.8, 4) is 0 Å². The van der Waals surface area contributed by atoms with E-state index in [1.807, 2.05) is 23.4 Å². The predicted molar refractivity (Wildman–Crippen MR) is 104 cm³/mol. The highest BCUT2D eigenvalue weighted by atomic mass is 32.2. The van der Waals surface area contributed by atoms with E-state index in [2.05, 4.69) is 71.9 Å². The number of nitrogens with zero attached hydrogens (tertiary/aromatic N) is 2. The van der Waals surface area contributed by atoms with Crippen LogP contribution in [0.25, 0.3) is 16.8 Å². The number of hydrogen-bond donors (Lipinski definition) is 1. The molecule has 25 heavy (non-hydrogen) atoms. The van der Waals surface area contributed by atoms with E-state index in [0.717, 1.165) is 13.0 Å². The first-order chi connectivity index (χ1) is 12.3. The van der Waals surface area contributed by atoms with Crippen LogP contribution in [0.1, 0.15) is 12.0 Å². The molecule has 0 saturated carbocycles. The van der Waals surface area contributed by atoms with E-state index in [1.165, 1.54) is 31.9 Å². The maximum atomic E-state index is 9.30. The van der Waals surface area contributed by atoms with Gasteiger partial charge in [0.05, 0.1) is 10.7 Å². The summed E-state index contributed by atoms with van der Waals surface area (Å²) in [5.41, 5.74) is 2.43. The molecule has 1 aliphatic heterocycles. The fourth-order valence-corrected chi connectivity index (χ4v) is 4.43. The molecule has 0 bridgehead atoms. The quantitative estimate of drug-likeness (QED) is 0.723. The van der Waals surface area contributed by atoms with Gasteiger partial charge >= 0.3 is 0 Å². The van der Waals surface area contributed by atoms with E-state index < -0.39 is 0 Å². The lowest BCUT2D eigenvalue weighted by Gasteiger charge is -2.20. The second kappa shape index (κ2) is 6.90. The molecule has 126 valence electrons. The van der Waals surface area contributed by atoms with Gasteiger partial charge in [0, 0.05) is 30.2 Å². The third-order valence-electron chi connectivity index (χ3n) is 4.46. The Labute approximate surface area is 152 Å². The Balaban J connectivity index is 1.79. The third-order valence-corrected chi connectivity index (χ3v) is 5.64. The minimum atomic E-state index is 0.207. The fourth-order valence-electron chi connectivity index (χ4n) is 3.15. The Kier molecular flexibility index (Phi) is 4.47. The van der Waals surface area contributed by atoms with Crippen LogP contribution in [0.3, 0.4) is 0 Å². The molecule has 0 unspecified atom stereocenters. The van der Waals surface area contributed by atoms with Gasteiger partial charge in [0.1, 0.15) is 7.05 Å². The lowest BCUT2D eigenvalue weighted by atomic mass is 10.1. The van der Waals surface area contributed by atoms with Gasteiger partial charge in [0.25, 0.3) is 0 Å². The monoisotopic (exact) mass is 349 g/mol.